The molecule has 0 spiro atoms. The van der Waals surface area contributed by atoms with Gasteiger partial charge in [0.05, 0.1) is 0 Å². The van der Waals surface area contributed by atoms with Crippen molar-refractivity contribution in [3.05, 3.63) is 69.2 Å². The number of H-pyrrole nitrogens is 1. The van der Waals surface area contributed by atoms with E-state index in [9.17, 15) is 0 Å². The van der Waals surface area contributed by atoms with E-state index >= 15 is 0 Å². The predicted molar refractivity (Wildman–Crippen MR) is 104 cm³/mol. The third kappa shape index (κ3) is 3.35. The van der Waals surface area contributed by atoms with Crippen LogP contribution in [0.4, 0.5) is 0 Å². The van der Waals surface area contributed by atoms with E-state index in [1.807, 2.05) is 54.0 Å². The van der Waals surface area contributed by atoms with Crippen LogP contribution in [0.3, 0.4) is 0 Å². The summed E-state index contributed by atoms with van der Waals surface area (Å²) in [6, 6.07) is 15.8. The number of hydrogen-bond donors (Lipinski definition) is 1. The zero-order chi connectivity index (χ0) is 18.1. The van der Waals surface area contributed by atoms with Gasteiger partial charge in [-0.2, -0.15) is 9.90 Å². The maximum Gasteiger partial charge on any atom is 0.204 e. The molecule has 0 aliphatic heterocycles. The van der Waals surface area contributed by atoms with Crippen molar-refractivity contribution in [2.75, 3.05) is 0 Å². The monoisotopic (exact) mass is 427 g/mol. The topological polar surface area (TPSA) is 77.2 Å². The van der Waals surface area contributed by atoms with Crippen molar-refractivity contribution >= 4 is 28.1 Å². The normalized spacial score (nSPS) is 11.0. The SMILES string of the molecule is Cc1cccc(-n2c(Cn3nnc(-c4ccc(Br)cc4)n3)n[nH]c2=S)c1. The van der Waals surface area contributed by atoms with Gasteiger partial charge in [-0.05, 0) is 66.3 Å². The molecular weight excluding hydrogens is 414 g/mol. The van der Waals surface area contributed by atoms with Crippen molar-refractivity contribution in [3.8, 4) is 17.1 Å². The smallest absolute Gasteiger partial charge is 0.204 e. The maximum atomic E-state index is 5.38. The summed E-state index contributed by atoms with van der Waals surface area (Å²) in [6.07, 6.45) is 0. The number of aromatic amines is 1. The van der Waals surface area contributed by atoms with E-state index in [1.165, 1.54) is 4.80 Å². The number of rotatable bonds is 4. The summed E-state index contributed by atoms with van der Waals surface area (Å²) in [7, 11) is 0. The van der Waals surface area contributed by atoms with Gasteiger partial charge in [0.25, 0.3) is 0 Å². The Hall–Kier alpha value is -2.65. The molecule has 0 bridgehead atoms. The number of aryl methyl sites for hydroxylation is 1. The Morgan fingerprint density at radius 3 is 2.73 bits per heavy atom. The van der Waals surface area contributed by atoms with Crippen LogP contribution in [0.15, 0.2) is 53.0 Å². The summed E-state index contributed by atoms with van der Waals surface area (Å²) < 4.78 is 3.41. The molecule has 0 unspecified atom stereocenters. The molecule has 0 saturated carbocycles. The summed E-state index contributed by atoms with van der Waals surface area (Å²) in [4.78, 5) is 1.51. The zero-order valence-corrected chi connectivity index (χ0v) is 16.2. The third-order valence-electron chi connectivity index (χ3n) is 3.84. The highest BCUT2D eigenvalue weighted by Crippen LogP contribution is 2.18. The molecule has 0 atom stereocenters. The maximum absolute atomic E-state index is 5.38. The third-order valence-corrected chi connectivity index (χ3v) is 4.64. The Bertz CT molecular complexity index is 1110. The Morgan fingerprint density at radius 2 is 1.96 bits per heavy atom. The van der Waals surface area contributed by atoms with Crippen molar-refractivity contribution < 1.29 is 0 Å². The second-order valence-electron chi connectivity index (χ2n) is 5.77. The van der Waals surface area contributed by atoms with E-state index in [0.29, 0.717) is 23.0 Å². The van der Waals surface area contributed by atoms with E-state index in [4.69, 9.17) is 12.2 Å². The van der Waals surface area contributed by atoms with Gasteiger partial charge in [-0.25, -0.2) is 0 Å². The summed E-state index contributed by atoms with van der Waals surface area (Å²) in [5.41, 5.74) is 3.00. The van der Waals surface area contributed by atoms with Crippen molar-refractivity contribution in [2.45, 2.75) is 13.5 Å². The summed E-state index contributed by atoms with van der Waals surface area (Å²) >= 11 is 8.80. The van der Waals surface area contributed by atoms with E-state index in [-0.39, 0.29) is 0 Å². The summed E-state index contributed by atoms with van der Waals surface area (Å²) in [5.74, 6) is 1.27. The number of hydrogen-bond acceptors (Lipinski definition) is 5. The minimum absolute atomic E-state index is 0.352. The largest absolute Gasteiger partial charge is 0.270 e. The van der Waals surface area contributed by atoms with Crippen molar-refractivity contribution in [2.24, 2.45) is 0 Å². The van der Waals surface area contributed by atoms with Gasteiger partial charge in [-0.3, -0.25) is 9.67 Å². The fourth-order valence-electron chi connectivity index (χ4n) is 2.62. The molecule has 2 aromatic carbocycles. The highest BCUT2D eigenvalue weighted by Gasteiger charge is 2.12. The molecule has 2 heterocycles. The standard InChI is InChI=1S/C17H14BrN7S/c1-11-3-2-4-14(9-11)25-15(19-21-17(25)26)10-24-22-16(20-23-24)12-5-7-13(18)8-6-12/h2-9H,10H2,1H3,(H,21,26). The minimum atomic E-state index is 0.352. The average molecular weight is 428 g/mol. The van der Waals surface area contributed by atoms with E-state index in [0.717, 1.165) is 21.3 Å². The van der Waals surface area contributed by atoms with Crippen molar-refractivity contribution in [1.29, 1.82) is 0 Å². The quantitative estimate of drug-likeness (QED) is 0.502. The Balaban J connectivity index is 1.65. The molecule has 4 rings (SSSR count). The number of aromatic nitrogens is 7. The van der Waals surface area contributed by atoms with Crippen LogP contribution in [0, 0.1) is 11.7 Å². The second-order valence-corrected chi connectivity index (χ2v) is 7.07. The number of halogens is 1. The molecule has 9 heteroatoms. The van der Waals surface area contributed by atoms with Crippen LogP contribution < -0.4 is 0 Å². The number of nitrogens with zero attached hydrogens (tertiary/aromatic N) is 6. The molecule has 130 valence electrons. The molecule has 0 saturated heterocycles. The first-order valence-corrected chi connectivity index (χ1v) is 9.07. The lowest BCUT2D eigenvalue weighted by Crippen LogP contribution is -2.10. The molecule has 1 N–H and O–H groups in total. The second kappa shape index (κ2) is 6.93. The van der Waals surface area contributed by atoms with Crippen LogP contribution in [0.2, 0.25) is 0 Å². The fraction of sp³-hybridized carbons (Fsp3) is 0.118. The van der Waals surface area contributed by atoms with Crippen LogP contribution in [-0.2, 0) is 6.54 Å². The van der Waals surface area contributed by atoms with E-state index < -0.39 is 0 Å². The first-order valence-electron chi connectivity index (χ1n) is 7.87. The highest BCUT2D eigenvalue weighted by atomic mass is 79.9. The van der Waals surface area contributed by atoms with E-state index in [1.54, 1.807) is 0 Å². The lowest BCUT2D eigenvalue weighted by atomic mass is 10.2. The number of tetrazole rings is 1. The van der Waals surface area contributed by atoms with Crippen molar-refractivity contribution in [3.63, 3.8) is 0 Å². The van der Waals surface area contributed by atoms with Gasteiger partial charge < -0.3 is 0 Å². The minimum Gasteiger partial charge on any atom is -0.270 e. The molecule has 7 nitrogen and oxygen atoms in total. The van der Waals surface area contributed by atoms with Gasteiger partial charge in [0, 0.05) is 15.7 Å². The van der Waals surface area contributed by atoms with Gasteiger partial charge in [0.2, 0.25) is 5.82 Å². The Labute approximate surface area is 162 Å². The molecule has 4 aromatic rings. The van der Waals surface area contributed by atoms with Gasteiger partial charge in [-0.1, -0.05) is 28.1 Å². The van der Waals surface area contributed by atoms with Crippen molar-refractivity contribution in [1.82, 2.24) is 35.0 Å². The summed E-state index contributed by atoms with van der Waals surface area (Å²) in [6.45, 7) is 2.39. The highest BCUT2D eigenvalue weighted by molar-refractivity contribution is 9.10. The first kappa shape index (κ1) is 16.8. The zero-order valence-electron chi connectivity index (χ0n) is 13.8. The van der Waals surface area contributed by atoms with Crippen LogP contribution in [-0.4, -0.2) is 35.0 Å². The lowest BCUT2D eigenvalue weighted by molar-refractivity contribution is 0.548. The summed E-state index contributed by atoms with van der Waals surface area (Å²) in [5, 5.41) is 19.9. The van der Waals surface area contributed by atoms with Gasteiger partial charge in [-0.15, -0.1) is 10.2 Å². The van der Waals surface area contributed by atoms with Gasteiger partial charge in [0.15, 0.2) is 10.6 Å². The molecule has 0 fully saturated rings. The molecule has 26 heavy (non-hydrogen) atoms. The first-order chi connectivity index (χ1) is 12.6. The van der Waals surface area contributed by atoms with Gasteiger partial charge in [0.1, 0.15) is 6.54 Å². The molecule has 2 aromatic heterocycles. The molecule has 0 aliphatic rings. The Kier molecular flexibility index (Phi) is 4.48. The number of nitrogens with one attached hydrogen (secondary N) is 1. The number of benzene rings is 2. The average Bonchev–Trinajstić information content (AvgIpc) is 3.23. The fourth-order valence-corrected chi connectivity index (χ4v) is 3.14. The molecule has 0 radical (unpaired) electrons. The van der Waals surface area contributed by atoms with Crippen LogP contribution in [0.25, 0.3) is 17.1 Å². The van der Waals surface area contributed by atoms with Crippen LogP contribution in [0.5, 0.6) is 0 Å². The lowest BCUT2D eigenvalue weighted by Gasteiger charge is -2.07. The predicted octanol–water partition coefficient (Wildman–Crippen LogP) is 3.70. The van der Waals surface area contributed by atoms with Crippen LogP contribution in [0.1, 0.15) is 11.4 Å². The molecule has 0 amide bonds. The molecular formula is C17H14BrN7S. The van der Waals surface area contributed by atoms with Gasteiger partial charge >= 0.3 is 0 Å². The van der Waals surface area contributed by atoms with Crippen LogP contribution >= 0.6 is 28.1 Å². The Morgan fingerprint density at radius 1 is 1.15 bits per heavy atom. The van der Waals surface area contributed by atoms with E-state index in [2.05, 4.69) is 47.6 Å². The molecule has 0 aliphatic carbocycles.